The number of nitrogens with zero attached hydrogens (tertiary/aromatic N) is 4. The molecule has 2 aliphatic rings. The second kappa shape index (κ2) is 12.7. The van der Waals surface area contributed by atoms with E-state index >= 15 is 0 Å². The highest BCUT2D eigenvalue weighted by atomic mass is 19.1. The number of rotatable bonds is 9. The van der Waals surface area contributed by atoms with E-state index in [1.54, 1.807) is 26.0 Å². The molecule has 2 aromatic heterocycles. The molecule has 0 saturated carbocycles. The van der Waals surface area contributed by atoms with Gasteiger partial charge in [-0.3, -0.25) is 9.59 Å². The van der Waals surface area contributed by atoms with Crippen LogP contribution in [-0.2, 0) is 22.6 Å². The van der Waals surface area contributed by atoms with Gasteiger partial charge in [-0.25, -0.2) is 22.5 Å². The fraction of sp³-hybridized carbons (Fsp3) is 0.485. The number of benzene rings is 2. The molecule has 2 aliphatic heterocycles. The average Bonchev–Trinajstić information content (AvgIpc) is 3.78. The Hall–Kier alpha value is -3.97. The summed E-state index contributed by atoms with van der Waals surface area (Å²) < 4.78 is 60.4. The van der Waals surface area contributed by atoms with E-state index in [2.05, 4.69) is 4.98 Å². The summed E-state index contributed by atoms with van der Waals surface area (Å²) in [6.45, 7) is 3.56. The Bertz CT molecular complexity index is 1650. The van der Waals surface area contributed by atoms with E-state index in [0.717, 1.165) is 0 Å². The van der Waals surface area contributed by atoms with Crippen LogP contribution in [0.5, 0.6) is 0 Å². The predicted molar refractivity (Wildman–Crippen MR) is 167 cm³/mol. The molecule has 0 spiro atoms. The van der Waals surface area contributed by atoms with Gasteiger partial charge in [0.25, 0.3) is 0 Å². The van der Waals surface area contributed by atoms with Crippen molar-refractivity contribution in [2.24, 2.45) is 11.5 Å². The van der Waals surface area contributed by atoms with E-state index in [4.69, 9.17) is 16.5 Å². The zero-order valence-electron chi connectivity index (χ0n) is 25.9. The fourth-order valence-corrected chi connectivity index (χ4v) is 6.96. The fourth-order valence-electron chi connectivity index (χ4n) is 6.96. The van der Waals surface area contributed by atoms with Gasteiger partial charge in [0.1, 0.15) is 24.0 Å². The molecule has 46 heavy (non-hydrogen) atoms. The van der Waals surface area contributed by atoms with Crippen LogP contribution in [0, 0.1) is 11.6 Å². The number of halogens is 4. The topological polar surface area (TPSA) is 126 Å². The summed E-state index contributed by atoms with van der Waals surface area (Å²) in [6, 6.07) is 5.84. The smallest absolute Gasteiger partial charge is 0.239 e. The van der Waals surface area contributed by atoms with Crippen LogP contribution in [0.15, 0.2) is 36.4 Å². The number of hydrogen-bond acceptors (Lipinski definition) is 5. The molecule has 0 aliphatic carbocycles. The molecule has 2 amide bonds. The van der Waals surface area contributed by atoms with Crippen molar-refractivity contribution < 1.29 is 27.2 Å². The number of H-pyrrole nitrogens is 1. The van der Waals surface area contributed by atoms with Crippen molar-refractivity contribution in [2.45, 2.75) is 89.0 Å². The number of amides is 2. The van der Waals surface area contributed by atoms with Gasteiger partial charge in [0.2, 0.25) is 11.8 Å². The van der Waals surface area contributed by atoms with Crippen LogP contribution in [0.25, 0.3) is 33.5 Å². The van der Waals surface area contributed by atoms with Gasteiger partial charge in [0.05, 0.1) is 47.9 Å². The standard InChI is InChI=1S/C33H39F4N7O2/c1-3-25(38)32(45)42-14-19(36)9-21(42)13-24-23-7-5-17(34)11-27(23)40-30(24)31-41-28-12-18(35)6-8-29(28)44(31)16-22-10-20(37)15-43(22)33(46)26(39)4-2/h5-8,11-12,19-22,25-26,40H,3-4,9-10,13-16,38-39H2,1-2H3. The van der Waals surface area contributed by atoms with Gasteiger partial charge in [0, 0.05) is 42.4 Å². The summed E-state index contributed by atoms with van der Waals surface area (Å²) in [6.07, 6.45) is -1.27. The quantitative estimate of drug-likeness (QED) is 0.234. The van der Waals surface area contributed by atoms with Crippen LogP contribution in [-0.4, -0.2) is 85.7 Å². The highest BCUT2D eigenvalue weighted by molar-refractivity contribution is 5.92. The first-order chi connectivity index (χ1) is 22.0. The molecule has 6 atom stereocenters. The minimum Gasteiger partial charge on any atom is -0.352 e. The normalized spacial score (nSPS) is 23.1. The first-order valence-corrected chi connectivity index (χ1v) is 15.8. The number of carbonyl (C=O) groups is 2. The molecule has 0 radical (unpaired) electrons. The predicted octanol–water partition coefficient (Wildman–Crippen LogP) is 4.36. The van der Waals surface area contributed by atoms with Crippen molar-refractivity contribution in [3.8, 4) is 11.5 Å². The van der Waals surface area contributed by atoms with Gasteiger partial charge in [0.15, 0.2) is 5.82 Å². The van der Waals surface area contributed by atoms with Gasteiger partial charge >= 0.3 is 0 Å². The lowest BCUT2D eigenvalue weighted by atomic mass is 9.99. The molecule has 4 heterocycles. The molecule has 246 valence electrons. The maximum absolute atomic E-state index is 14.8. The Morgan fingerprint density at radius 1 is 0.913 bits per heavy atom. The summed E-state index contributed by atoms with van der Waals surface area (Å²) >= 11 is 0. The molecular weight excluding hydrogens is 602 g/mol. The van der Waals surface area contributed by atoms with E-state index in [9.17, 15) is 27.2 Å². The Morgan fingerprint density at radius 2 is 1.50 bits per heavy atom. The molecule has 0 bridgehead atoms. The molecule has 6 rings (SSSR count). The van der Waals surface area contributed by atoms with Crippen LogP contribution in [0.4, 0.5) is 17.6 Å². The maximum atomic E-state index is 14.8. The van der Waals surface area contributed by atoms with Gasteiger partial charge < -0.3 is 30.8 Å². The second-order valence-electron chi connectivity index (χ2n) is 12.5. The van der Waals surface area contributed by atoms with Gasteiger partial charge in [-0.15, -0.1) is 0 Å². The minimum atomic E-state index is -1.24. The van der Waals surface area contributed by atoms with Crippen molar-refractivity contribution in [3.05, 3.63) is 53.6 Å². The van der Waals surface area contributed by atoms with E-state index < -0.39 is 48.1 Å². The molecule has 2 aromatic carbocycles. The summed E-state index contributed by atoms with van der Waals surface area (Å²) in [7, 11) is 0. The third kappa shape index (κ3) is 5.86. The van der Waals surface area contributed by atoms with E-state index in [1.165, 1.54) is 34.1 Å². The summed E-state index contributed by atoms with van der Waals surface area (Å²) in [5.74, 6) is -1.29. The number of imidazole rings is 1. The molecule has 4 aromatic rings. The lowest BCUT2D eigenvalue weighted by Gasteiger charge is -2.28. The summed E-state index contributed by atoms with van der Waals surface area (Å²) in [5, 5.41) is 0.658. The van der Waals surface area contributed by atoms with Crippen molar-refractivity contribution in [2.75, 3.05) is 13.1 Å². The zero-order chi connectivity index (χ0) is 32.9. The molecule has 13 heteroatoms. The van der Waals surface area contributed by atoms with Crippen LogP contribution in [0.3, 0.4) is 0 Å². The molecule has 2 fully saturated rings. The highest BCUT2D eigenvalue weighted by Gasteiger charge is 2.40. The second-order valence-corrected chi connectivity index (χ2v) is 12.5. The molecule has 6 unspecified atom stereocenters. The van der Waals surface area contributed by atoms with E-state index in [0.29, 0.717) is 51.9 Å². The van der Waals surface area contributed by atoms with Crippen LogP contribution in [0.1, 0.15) is 45.1 Å². The number of nitrogens with one attached hydrogen (secondary N) is 1. The third-order valence-corrected chi connectivity index (χ3v) is 9.44. The summed E-state index contributed by atoms with van der Waals surface area (Å²) in [4.78, 5) is 37.3. The number of nitrogens with two attached hydrogens (primary N) is 2. The average molecular weight is 642 g/mol. The Kier molecular flexibility index (Phi) is 8.81. The highest BCUT2D eigenvalue weighted by Crippen LogP contribution is 2.37. The van der Waals surface area contributed by atoms with Crippen LogP contribution >= 0.6 is 0 Å². The zero-order valence-corrected chi connectivity index (χ0v) is 25.9. The van der Waals surface area contributed by atoms with Crippen LogP contribution < -0.4 is 11.5 Å². The van der Waals surface area contributed by atoms with Gasteiger partial charge in [-0.1, -0.05) is 13.8 Å². The minimum absolute atomic E-state index is 0.0723. The number of aromatic amines is 1. The first kappa shape index (κ1) is 32.0. The van der Waals surface area contributed by atoms with Crippen LogP contribution in [0.2, 0.25) is 0 Å². The monoisotopic (exact) mass is 641 g/mol. The maximum Gasteiger partial charge on any atom is 0.239 e. The van der Waals surface area contributed by atoms with Crippen molar-refractivity contribution >= 4 is 33.8 Å². The Balaban J connectivity index is 1.48. The number of likely N-dealkylation sites (tertiary alicyclic amines) is 2. The lowest BCUT2D eigenvalue weighted by Crippen LogP contribution is -2.47. The van der Waals surface area contributed by atoms with Crippen molar-refractivity contribution in [3.63, 3.8) is 0 Å². The Morgan fingerprint density at radius 3 is 2.15 bits per heavy atom. The number of fused-ring (bicyclic) bond motifs is 2. The van der Waals surface area contributed by atoms with E-state index in [1.807, 2.05) is 4.57 Å². The van der Waals surface area contributed by atoms with E-state index in [-0.39, 0.29) is 50.7 Å². The number of aromatic nitrogens is 3. The largest absolute Gasteiger partial charge is 0.352 e. The number of alkyl halides is 2. The molecular formula is C33H39F4N7O2. The summed E-state index contributed by atoms with van der Waals surface area (Å²) in [5.41, 5.74) is 14.6. The van der Waals surface area contributed by atoms with Crippen molar-refractivity contribution in [1.29, 1.82) is 0 Å². The molecule has 9 nitrogen and oxygen atoms in total. The number of carbonyl (C=O) groups excluding carboxylic acids is 2. The number of hydrogen-bond donors (Lipinski definition) is 3. The third-order valence-electron chi connectivity index (χ3n) is 9.44. The van der Waals surface area contributed by atoms with Crippen molar-refractivity contribution in [1.82, 2.24) is 24.3 Å². The van der Waals surface area contributed by atoms with Gasteiger partial charge in [-0.05, 0) is 55.2 Å². The van der Waals surface area contributed by atoms with Gasteiger partial charge in [-0.2, -0.15) is 0 Å². The molecule has 2 saturated heterocycles. The SMILES string of the molecule is CCC(N)C(=O)N1CC(F)CC1Cc1c(-c2nc3cc(F)ccc3n2CC2CC(F)CN2C(=O)C(N)CC)[nH]c2cc(F)ccc12. The lowest BCUT2D eigenvalue weighted by molar-refractivity contribution is -0.134. The Labute approximate surface area is 263 Å². The molecule has 5 N–H and O–H groups in total. The first-order valence-electron chi connectivity index (χ1n) is 15.8.